The quantitative estimate of drug-likeness (QED) is 0.783. The molecule has 2 rings (SSSR count). The summed E-state index contributed by atoms with van der Waals surface area (Å²) in [7, 11) is 2.01. The molecule has 0 aliphatic rings. The number of hydrogen-bond donors (Lipinski definition) is 0. The first kappa shape index (κ1) is 13.7. The molecule has 0 radical (unpaired) electrons. The molecule has 1 aromatic carbocycles. The number of aromatic nitrogens is 1. The lowest BCUT2D eigenvalue weighted by atomic mass is 10.1. The zero-order valence-electron chi connectivity index (χ0n) is 11.5. The molecule has 0 saturated carbocycles. The fraction of sp³-hybridized carbons (Fsp3) is 0.333. The summed E-state index contributed by atoms with van der Waals surface area (Å²) in [4.78, 5) is 18.4. The first-order valence-electron chi connectivity index (χ1n) is 6.36. The van der Waals surface area contributed by atoms with Crippen LogP contribution in [0, 0.1) is 6.92 Å². The van der Waals surface area contributed by atoms with Gasteiger partial charge < -0.3 is 4.90 Å². The third-order valence-corrected chi connectivity index (χ3v) is 4.29. The van der Waals surface area contributed by atoms with Gasteiger partial charge in [0.15, 0.2) is 11.4 Å². The number of aryl methyl sites for hydroxylation is 2. The standard InChI is InChI=1S/C15H18N2OS/c1-4-13-14(10-18)19-15(16-13)17(3)9-12-8-6-5-7-11(12)2/h5-8,10H,4,9H2,1-3H3. The van der Waals surface area contributed by atoms with Gasteiger partial charge in [-0.3, -0.25) is 4.79 Å². The lowest BCUT2D eigenvalue weighted by molar-refractivity contribution is 0.112. The smallest absolute Gasteiger partial charge is 0.186 e. The summed E-state index contributed by atoms with van der Waals surface area (Å²) in [5, 5.41) is 0.905. The average Bonchev–Trinajstić information content (AvgIpc) is 2.84. The summed E-state index contributed by atoms with van der Waals surface area (Å²) in [5.74, 6) is 0. The van der Waals surface area contributed by atoms with Crippen molar-refractivity contribution in [2.75, 3.05) is 11.9 Å². The second-order valence-electron chi connectivity index (χ2n) is 4.56. The lowest BCUT2D eigenvalue weighted by Gasteiger charge is -2.17. The van der Waals surface area contributed by atoms with Crippen LogP contribution in [0.2, 0.25) is 0 Å². The highest BCUT2D eigenvalue weighted by Crippen LogP contribution is 2.26. The van der Waals surface area contributed by atoms with Gasteiger partial charge in [-0.2, -0.15) is 0 Å². The van der Waals surface area contributed by atoms with E-state index >= 15 is 0 Å². The molecule has 0 amide bonds. The second-order valence-corrected chi connectivity index (χ2v) is 5.57. The van der Waals surface area contributed by atoms with Gasteiger partial charge in [0.1, 0.15) is 0 Å². The first-order chi connectivity index (χ1) is 9.15. The van der Waals surface area contributed by atoms with Crippen molar-refractivity contribution >= 4 is 22.8 Å². The number of nitrogens with zero attached hydrogens (tertiary/aromatic N) is 2. The Morgan fingerprint density at radius 3 is 2.68 bits per heavy atom. The molecule has 0 bridgehead atoms. The van der Waals surface area contributed by atoms with Gasteiger partial charge in [0.2, 0.25) is 0 Å². The van der Waals surface area contributed by atoms with Crippen LogP contribution in [0.25, 0.3) is 0 Å². The molecule has 0 spiro atoms. The minimum Gasteiger partial charge on any atom is -0.347 e. The van der Waals surface area contributed by atoms with Crippen LogP contribution in [0.5, 0.6) is 0 Å². The van der Waals surface area contributed by atoms with Crippen LogP contribution in [-0.2, 0) is 13.0 Å². The number of aldehydes is 1. The van der Waals surface area contributed by atoms with Crippen LogP contribution in [0.3, 0.4) is 0 Å². The van der Waals surface area contributed by atoms with E-state index in [0.29, 0.717) is 0 Å². The molecule has 0 N–H and O–H groups in total. The fourth-order valence-electron chi connectivity index (χ4n) is 1.97. The molecular formula is C15H18N2OS. The Balaban J connectivity index is 2.20. The third kappa shape index (κ3) is 3.01. The zero-order valence-corrected chi connectivity index (χ0v) is 12.3. The van der Waals surface area contributed by atoms with E-state index in [1.54, 1.807) is 0 Å². The van der Waals surface area contributed by atoms with Crippen LogP contribution >= 0.6 is 11.3 Å². The van der Waals surface area contributed by atoms with Crippen molar-refractivity contribution < 1.29 is 4.79 Å². The predicted molar refractivity (Wildman–Crippen MR) is 80.2 cm³/mol. The number of carbonyl (C=O) groups is 1. The molecule has 1 aromatic heterocycles. The first-order valence-corrected chi connectivity index (χ1v) is 7.17. The SMILES string of the molecule is CCc1nc(N(C)Cc2ccccc2C)sc1C=O. The molecule has 0 fully saturated rings. The summed E-state index contributed by atoms with van der Waals surface area (Å²) >= 11 is 1.46. The van der Waals surface area contributed by atoms with Gasteiger partial charge in [-0.1, -0.05) is 42.5 Å². The van der Waals surface area contributed by atoms with Gasteiger partial charge in [0, 0.05) is 13.6 Å². The van der Waals surface area contributed by atoms with Gasteiger partial charge >= 0.3 is 0 Å². The van der Waals surface area contributed by atoms with E-state index in [1.165, 1.54) is 22.5 Å². The molecule has 0 aliphatic heterocycles. The highest BCUT2D eigenvalue weighted by atomic mass is 32.1. The summed E-state index contributed by atoms with van der Waals surface area (Å²) in [6.07, 6.45) is 1.70. The van der Waals surface area contributed by atoms with E-state index in [-0.39, 0.29) is 0 Å². The Kier molecular flexibility index (Phi) is 4.32. The van der Waals surface area contributed by atoms with Crippen LogP contribution in [-0.4, -0.2) is 18.3 Å². The molecule has 4 heteroatoms. The molecule has 0 saturated heterocycles. The van der Waals surface area contributed by atoms with Crippen LogP contribution in [0.15, 0.2) is 24.3 Å². The minimum absolute atomic E-state index is 0.745. The topological polar surface area (TPSA) is 33.2 Å². The number of thiazole rings is 1. The van der Waals surface area contributed by atoms with Crippen molar-refractivity contribution in [3.8, 4) is 0 Å². The van der Waals surface area contributed by atoms with Gasteiger partial charge in [0.05, 0.1) is 10.6 Å². The van der Waals surface area contributed by atoms with Crippen molar-refractivity contribution in [2.24, 2.45) is 0 Å². The predicted octanol–water partition coefficient (Wildman–Crippen LogP) is 3.46. The zero-order chi connectivity index (χ0) is 13.8. The Hall–Kier alpha value is -1.68. The van der Waals surface area contributed by atoms with Gasteiger partial charge in [-0.15, -0.1) is 0 Å². The largest absolute Gasteiger partial charge is 0.347 e. The maximum atomic E-state index is 11.0. The molecule has 1 heterocycles. The fourth-order valence-corrected chi connectivity index (χ4v) is 2.90. The van der Waals surface area contributed by atoms with E-state index in [4.69, 9.17) is 0 Å². The second kappa shape index (κ2) is 5.97. The molecule has 3 nitrogen and oxygen atoms in total. The van der Waals surface area contributed by atoms with Crippen molar-refractivity contribution in [3.05, 3.63) is 46.0 Å². The molecule has 2 aromatic rings. The summed E-state index contributed by atoms with van der Waals surface area (Å²) in [6, 6.07) is 8.33. The Bertz CT molecular complexity index is 577. The molecule has 19 heavy (non-hydrogen) atoms. The molecular weight excluding hydrogens is 256 g/mol. The van der Waals surface area contributed by atoms with Crippen molar-refractivity contribution in [1.29, 1.82) is 0 Å². The molecule has 100 valence electrons. The summed E-state index contributed by atoms with van der Waals surface area (Å²) < 4.78 is 0. The van der Waals surface area contributed by atoms with E-state index in [1.807, 2.05) is 26.1 Å². The highest BCUT2D eigenvalue weighted by Gasteiger charge is 2.13. The van der Waals surface area contributed by atoms with Crippen molar-refractivity contribution in [3.63, 3.8) is 0 Å². The Morgan fingerprint density at radius 1 is 1.37 bits per heavy atom. The molecule has 0 unspecified atom stereocenters. The van der Waals surface area contributed by atoms with Crippen molar-refractivity contribution in [2.45, 2.75) is 26.8 Å². The maximum Gasteiger partial charge on any atom is 0.186 e. The molecule has 0 aliphatic carbocycles. The minimum atomic E-state index is 0.745. The monoisotopic (exact) mass is 274 g/mol. The Labute approximate surface area is 117 Å². The normalized spacial score (nSPS) is 10.5. The van der Waals surface area contributed by atoms with Crippen LogP contribution in [0.1, 0.15) is 33.4 Å². The lowest BCUT2D eigenvalue weighted by Crippen LogP contribution is -2.16. The van der Waals surface area contributed by atoms with Crippen LogP contribution in [0.4, 0.5) is 5.13 Å². The van der Waals surface area contributed by atoms with E-state index in [2.05, 4.69) is 28.9 Å². The van der Waals surface area contributed by atoms with Gasteiger partial charge in [-0.25, -0.2) is 4.98 Å². The van der Waals surface area contributed by atoms with Crippen LogP contribution < -0.4 is 4.90 Å². The van der Waals surface area contributed by atoms with Gasteiger partial charge in [-0.05, 0) is 24.5 Å². The average molecular weight is 274 g/mol. The third-order valence-electron chi connectivity index (χ3n) is 3.15. The molecule has 0 atom stereocenters. The number of rotatable bonds is 5. The summed E-state index contributed by atoms with van der Waals surface area (Å²) in [5.41, 5.74) is 3.45. The highest BCUT2D eigenvalue weighted by molar-refractivity contribution is 7.17. The number of hydrogen-bond acceptors (Lipinski definition) is 4. The van der Waals surface area contributed by atoms with E-state index in [0.717, 1.165) is 35.0 Å². The summed E-state index contributed by atoms with van der Waals surface area (Å²) in [6.45, 7) is 4.94. The van der Waals surface area contributed by atoms with E-state index in [9.17, 15) is 4.79 Å². The number of benzene rings is 1. The van der Waals surface area contributed by atoms with E-state index < -0.39 is 0 Å². The number of carbonyl (C=O) groups excluding carboxylic acids is 1. The van der Waals surface area contributed by atoms with Gasteiger partial charge in [0.25, 0.3) is 0 Å². The maximum absolute atomic E-state index is 11.0. The number of anilines is 1. The Morgan fingerprint density at radius 2 is 2.11 bits per heavy atom. The van der Waals surface area contributed by atoms with Crippen molar-refractivity contribution in [1.82, 2.24) is 4.98 Å².